The maximum Gasteiger partial charge on any atom is 0.423 e. The van der Waals surface area contributed by atoms with Gasteiger partial charge in [-0.05, 0) is 5.56 Å². The van der Waals surface area contributed by atoms with E-state index in [1.807, 2.05) is 0 Å². The highest BCUT2D eigenvalue weighted by Gasteiger charge is 2.83. The quantitative estimate of drug-likeness (QED) is 0.771. The highest BCUT2D eigenvalue weighted by Crippen LogP contribution is 2.53. The standard InChI is InChI=1S/C10H8F4O4S2/c11-9(12)10(13,14)20(17,18)8(19(9,15)16)6-7-4-2-1-3-5-7/h1-5,8H,6H2. The molecule has 112 valence electrons. The normalized spacial score (nSPS) is 26.4. The second-order valence-electron chi connectivity index (χ2n) is 4.24. The molecule has 1 aliphatic heterocycles. The minimum Gasteiger partial charge on any atom is -0.221 e. The smallest absolute Gasteiger partial charge is 0.221 e. The zero-order valence-corrected chi connectivity index (χ0v) is 11.3. The number of sulfone groups is 2. The van der Waals surface area contributed by atoms with Gasteiger partial charge in [0.2, 0.25) is 19.7 Å². The van der Waals surface area contributed by atoms with E-state index in [2.05, 4.69) is 0 Å². The van der Waals surface area contributed by atoms with E-state index in [0.717, 1.165) is 0 Å². The lowest BCUT2D eigenvalue weighted by molar-refractivity contribution is -0.0920. The van der Waals surface area contributed by atoms with Crippen LogP contribution in [0.25, 0.3) is 0 Å². The van der Waals surface area contributed by atoms with Crippen molar-refractivity contribution in [2.45, 2.75) is 21.5 Å². The Morgan fingerprint density at radius 1 is 0.850 bits per heavy atom. The van der Waals surface area contributed by atoms with Crippen molar-refractivity contribution in [3.05, 3.63) is 35.9 Å². The predicted molar refractivity (Wildman–Crippen MR) is 61.7 cm³/mol. The molecule has 4 nitrogen and oxygen atoms in total. The summed E-state index contributed by atoms with van der Waals surface area (Å²) < 4.78 is 95.8. The number of halogens is 4. The molecule has 0 bridgehead atoms. The van der Waals surface area contributed by atoms with Gasteiger partial charge in [0.1, 0.15) is 0 Å². The Morgan fingerprint density at radius 2 is 1.25 bits per heavy atom. The zero-order chi connectivity index (χ0) is 15.4. The van der Waals surface area contributed by atoms with Gasteiger partial charge in [0.25, 0.3) is 0 Å². The molecule has 1 aromatic rings. The Balaban J connectivity index is 2.59. The van der Waals surface area contributed by atoms with Gasteiger partial charge in [-0.2, -0.15) is 17.6 Å². The first kappa shape index (κ1) is 15.2. The monoisotopic (exact) mass is 332 g/mol. The molecule has 0 spiro atoms. The summed E-state index contributed by atoms with van der Waals surface area (Å²) in [5.74, 6) is 0. The molecule has 0 N–H and O–H groups in total. The molecule has 0 radical (unpaired) electrons. The Labute approximate surface area is 112 Å². The summed E-state index contributed by atoms with van der Waals surface area (Å²) in [5.41, 5.74) is 0.0538. The van der Waals surface area contributed by atoms with Crippen LogP contribution in [0.5, 0.6) is 0 Å². The van der Waals surface area contributed by atoms with E-state index < -0.39 is 41.2 Å². The number of alkyl halides is 4. The van der Waals surface area contributed by atoms with Crippen LogP contribution in [0.15, 0.2) is 30.3 Å². The van der Waals surface area contributed by atoms with E-state index in [9.17, 15) is 34.4 Å². The van der Waals surface area contributed by atoms with Gasteiger partial charge < -0.3 is 0 Å². The highest BCUT2D eigenvalue weighted by molar-refractivity contribution is 8.13. The number of benzene rings is 1. The molecule has 0 aliphatic carbocycles. The minimum atomic E-state index is -5.85. The summed E-state index contributed by atoms with van der Waals surface area (Å²) >= 11 is 0. The molecule has 1 heterocycles. The summed E-state index contributed by atoms with van der Waals surface area (Å²) in [6.45, 7) is 0. The molecule has 0 unspecified atom stereocenters. The van der Waals surface area contributed by atoms with Crippen molar-refractivity contribution in [3.8, 4) is 0 Å². The van der Waals surface area contributed by atoms with Crippen LogP contribution >= 0.6 is 0 Å². The molecule has 1 saturated heterocycles. The molecule has 0 atom stereocenters. The van der Waals surface area contributed by atoms with Crippen molar-refractivity contribution in [1.29, 1.82) is 0 Å². The van der Waals surface area contributed by atoms with Crippen LogP contribution < -0.4 is 0 Å². The fourth-order valence-corrected chi connectivity index (χ4v) is 6.76. The molecule has 20 heavy (non-hydrogen) atoms. The van der Waals surface area contributed by atoms with Crippen LogP contribution in [0.1, 0.15) is 5.56 Å². The lowest BCUT2D eigenvalue weighted by atomic mass is 10.2. The second kappa shape index (κ2) is 4.17. The molecular formula is C10H8F4O4S2. The summed E-state index contributed by atoms with van der Waals surface area (Å²) in [4.78, 5) is 0. The van der Waals surface area contributed by atoms with Gasteiger partial charge in [-0.1, -0.05) is 30.3 Å². The van der Waals surface area contributed by atoms with E-state index in [1.165, 1.54) is 30.3 Å². The average molecular weight is 332 g/mol. The minimum absolute atomic E-state index is 0.0538. The fourth-order valence-electron chi connectivity index (χ4n) is 1.85. The van der Waals surface area contributed by atoms with E-state index in [4.69, 9.17) is 0 Å². The average Bonchev–Trinajstić information content (AvgIpc) is 2.41. The van der Waals surface area contributed by atoms with E-state index >= 15 is 0 Å². The van der Waals surface area contributed by atoms with Crippen molar-refractivity contribution in [3.63, 3.8) is 0 Å². The lowest BCUT2D eigenvalue weighted by Gasteiger charge is -2.14. The Morgan fingerprint density at radius 3 is 1.65 bits per heavy atom. The van der Waals surface area contributed by atoms with Crippen LogP contribution in [0.2, 0.25) is 0 Å². The van der Waals surface area contributed by atoms with Crippen molar-refractivity contribution in [1.82, 2.24) is 0 Å². The van der Waals surface area contributed by atoms with Gasteiger partial charge in [0, 0.05) is 6.42 Å². The van der Waals surface area contributed by atoms with Crippen LogP contribution in [0.4, 0.5) is 17.6 Å². The van der Waals surface area contributed by atoms with Gasteiger partial charge >= 0.3 is 10.5 Å². The van der Waals surface area contributed by atoms with Gasteiger partial charge in [0.05, 0.1) is 0 Å². The Kier molecular flexibility index (Phi) is 3.17. The molecule has 1 fully saturated rings. The molecule has 10 heteroatoms. The molecular weight excluding hydrogens is 324 g/mol. The topological polar surface area (TPSA) is 68.3 Å². The summed E-state index contributed by atoms with van der Waals surface area (Å²) in [6, 6.07) is 6.85. The molecule has 1 aliphatic rings. The third kappa shape index (κ3) is 1.70. The van der Waals surface area contributed by atoms with Crippen LogP contribution in [0.3, 0.4) is 0 Å². The van der Waals surface area contributed by atoms with Crippen molar-refractivity contribution < 1.29 is 34.4 Å². The summed E-state index contributed by atoms with van der Waals surface area (Å²) in [5, 5.41) is -11.3. The van der Waals surface area contributed by atoms with Crippen LogP contribution in [-0.2, 0) is 26.1 Å². The first-order chi connectivity index (χ1) is 8.96. The molecule has 0 aromatic heterocycles. The lowest BCUT2D eigenvalue weighted by Crippen LogP contribution is -2.42. The van der Waals surface area contributed by atoms with Gasteiger partial charge in [-0.15, -0.1) is 0 Å². The number of hydrogen-bond donors (Lipinski definition) is 0. The van der Waals surface area contributed by atoms with Gasteiger partial charge in [0.15, 0.2) is 4.58 Å². The molecule has 1 aromatic carbocycles. The SMILES string of the molecule is O=S1(=O)C(Cc2ccccc2)S(=O)(=O)C(F)(F)C1(F)F. The van der Waals surface area contributed by atoms with Gasteiger partial charge in [-0.25, -0.2) is 16.8 Å². The number of rotatable bonds is 2. The van der Waals surface area contributed by atoms with Crippen molar-refractivity contribution in [2.24, 2.45) is 0 Å². The second-order valence-corrected chi connectivity index (χ2v) is 8.88. The highest BCUT2D eigenvalue weighted by atomic mass is 32.3. The summed E-state index contributed by atoms with van der Waals surface area (Å²) in [7, 11) is -11.7. The van der Waals surface area contributed by atoms with Crippen molar-refractivity contribution in [2.75, 3.05) is 0 Å². The van der Waals surface area contributed by atoms with E-state index in [1.54, 1.807) is 0 Å². The maximum absolute atomic E-state index is 13.2. The van der Waals surface area contributed by atoms with Crippen LogP contribution in [0, 0.1) is 0 Å². The third-order valence-electron chi connectivity index (χ3n) is 2.99. The van der Waals surface area contributed by atoms with E-state index in [-0.39, 0.29) is 5.56 Å². The predicted octanol–water partition coefficient (Wildman–Crippen LogP) is 1.58. The first-order valence-corrected chi connectivity index (χ1v) is 8.32. The molecule has 0 saturated carbocycles. The fraction of sp³-hybridized carbons (Fsp3) is 0.400. The largest absolute Gasteiger partial charge is 0.423 e. The third-order valence-corrected chi connectivity index (χ3v) is 8.30. The van der Waals surface area contributed by atoms with Crippen molar-refractivity contribution >= 4 is 19.7 Å². The molecule has 2 rings (SSSR count). The Bertz CT molecular complexity index is 682. The van der Waals surface area contributed by atoms with Crippen LogP contribution in [-0.4, -0.2) is 31.9 Å². The van der Waals surface area contributed by atoms with E-state index in [0.29, 0.717) is 0 Å². The Hall–Kier alpha value is -1.16. The summed E-state index contributed by atoms with van der Waals surface area (Å²) in [6.07, 6.45) is -0.948. The maximum atomic E-state index is 13.2. The zero-order valence-electron chi connectivity index (χ0n) is 9.63. The number of hydrogen-bond acceptors (Lipinski definition) is 4. The first-order valence-electron chi connectivity index (χ1n) is 5.22. The molecule has 0 amide bonds. The van der Waals surface area contributed by atoms with Gasteiger partial charge in [-0.3, -0.25) is 0 Å².